The van der Waals surface area contributed by atoms with Crippen LogP contribution in [0, 0.1) is 21.3 Å². The van der Waals surface area contributed by atoms with E-state index in [0.717, 1.165) is 30.3 Å². The van der Waals surface area contributed by atoms with Crippen LogP contribution in [0.5, 0.6) is 5.75 Å². The van der Waals surface area contributed by atoms with Crippen molar-refractivity contribution in [2.24, 2.45) is 5.41 Å². The van der Waals surface area contributed by atoms with E-state index in [1.54, 1.807) is 0 Å². The highest BCUT2D eigenvalue weighted by atomic mass is 79.9. The first-order valence-electron chi connectivity index (χ1n) is 7.19. The average molecular weight is 360 g/mol. The summed E-state index contributed by atoms with van der Waals surface area (Å²) in [4.78, 5) is 9.86. The van der Waals surface area contributed by atoms with E-state index >= 15 is 0 Å². The topological polar surface area (TPSA) is 52.4 Å². The third-order valence-electron chi connectivity index (χ3n) is 4.11. The molecule has 2 rings (SSSR count). The second-order valence-electron chi connectivity index (χ2n) is 5.71. The third-order valence-corrected chi connectivity index (χ3v) is 5.30. The molecule has 1 aliphatic carbocycles. The van der Waals surface area contributed by atoms with Crippen LogP contribution in [0.25, 0.3) is 0 Å². The van der Waals surface area contributed by atoms with E-state index in [4.69, 9.17) is 4.74 Å². The summed E-state index contributed by atoms with van der Waals surface area (Å²) in [7, 11) is 0. The largest absolute Gasteiger partial charge is 0.493 e. The van der Waals surface area contributed by atoms with Crippen LogP contribution in [0.3, 0.4) is 0 Å². The van der Waals surface area contributed by atoms with Crippen LogP contribution in [-0.4, -0.2) is 16.9 Å². The van der Waals surface area contributed by atoms with Gasteiger partial charge in [-0.25, -0.2) is 0 Å². The molecular weight excluding hydrogens is 341 g/mol. The number of alkyl halides is 1. The van der Waals surface area contributed by atoms with Gasteiger partial charge in [0.2, 0.25) is 5.82 Å². The molecule has 0 atom stereocenters. The molecule has 1 saturated carbocycles. The standard InChI is InChI=1S/C15H19BrFNO3/c16-10-15(7-3-1-2-4-8-15)11-21-12-5-6-14(18(19)20)13(17)9-12/h5-6,9H,1-4,7-8,10-11H2. The molecule has 6 heteroatoms. The molecule has 21 heavy (non-hydrogen) atoms. The second-order valence-corrected chi connectivity index (χ2v) is 6.27. The summed E-state index contributed by atoms with van der Waals surface area (Å²) in [6.07, 6.45) is 7.05. The van der Waals surface area contributed by atoms with Gasteiger partial charge < -0.3 is 4.74 Å². The quantitative estimate of drug-likeness (QED) is 0.327. The van der Waals surface area contributed by atoms with Crippen molar-refractivity contribution in [1.29, 1.82) is 0 Å². The maximum Gasteiger partial charge on any atom is 0.305 e. The first-order chi connectivity index (χ1) is 10.1. The monoisotopic (exact) mass is 359 g/mol. The van der Waals surface area contributed by atoms with Crippen LogP contribution in [-0.2, 0) is 0 Å². The molecule has 0 spiro atoms. The van der Waals surface area contributed by atoms with E-state index in [0.29, 0.717) is 12.4 Å². The summed E-state index contributed by atoms with van der Waals surface area (Å²) in [5, 5.41) is 11.4. The van der Waals surface area contributed by atoms with Crippen molar-refractivity contribution in [3.8, 4) is 5.75 Å². The Hall–Kier alpha value is -1.17. The van der Waals surface area contributed by atoms with Crippen LogP contribution < -0.4 is 4.74 Å². The molecule has 1 aromatic rings. The Kier molecular flexibility index (Phi) is 5.56. The number of hydrogen-bond donors (Lipinski definition) is 0. The normalized spacial score (nSPS) is 18.0. The SMILES string of the molecule is O=[N+]([O-])c1ccc(OCC2(CBr)CCCCCC2)cc1F. The molecule has 0 saturated heterocycles. The first kappa shape index (κ1) is 16.2. The number of halogens is 2. The molecule has 116 valence electrons. The predicted octanol–water partition coefficient (Wildman–Crippen LogP) is 4.85. The summed E-state index contributed by atoms with van der Waals surface area (Å²) in [6.45, 7) is 0.509. The lowest BCUT2D eigenvalue weighted by molar-refractivity contribution is -0.387. The fraction of sp³-hybridized carbons (Fsp3) is 0.600. The number of nitro groups is 1. The van der Waals surface area contributed by atoms with Crippen molar-refractivity contribution in [3.63, 3.8) is 0 Å². The zero-order valence-electron chi connectivity index (χ0n) is 11.8. The van der Waals surface area contributed by atoms with Gasteiger partial charge in [-0.15, -0.1) is 0 Å². The van der Waals surface area contributed by atoms with Crippen molar-refractivity contribution >= 4 is 21.6 Å². The van der Waals surface area contributed by atoms with Gasteiger partial charge >= 0.3 is 5.69 Å². The summed E-state index contributed by atoms with van der Waals surface area (Å²) in [5.41, 5.74) is -0.443. The molecular formula is C15H19BrFNO3. The number of hydrogen-bond acceptors (Lipinski definition) is 3. The minimum Gasteiger partial charge on any atom is -0.493 e. The molecule has 0 aromatic heterocycles. The fourth-order valence-electron chi connectivity index (χ4n) is 2.76. The van der Waals surface area contributed by atoms with Gasteiger partial charge in [0.25, 0.3) is 0 Å². The molecule has 4 nitrogen and oxygen atoms in total. The van der Waals surface area contributed by atoms with E-state index in [-0.39, 0.29) is 5.41 Å². The molecule has 1 aliphatic rings. The fourth-order valence-corrected chi connectivity index (χ4v) is 3.48. The number of nitro benzene ring substituents is 1. The van der Waals surface area contributed by atoms with Crippen LogP contribution in [0.2, 0.25) is 0 Å². The smallest absolute Gasteiger partial charge is 0.305 e. The van der Waals surface area contributed by atoms with Crippen molar-refractivity contribution < 1.29 is 14.1 Å². The summed E-state index contributed by atoms with van der Waals surface area (Å²) in [6, 6.07) is 3.70. The lowest BCUT2D eigenvalue weighted by Gasteiger charge is -2.30. The van der Waals surface area contributed by atoms with Crippen molar-refractivity contribution in [2.45, 2.75) is 38.5 Å². The Morgan fingerprint density at radius 1 is 1.29 bits per heavy atom. The van der Waals surface area contributed by atoms with Crippen molar-refractivity contribution in [3.05, 3.63) is 34.1 Å². The number of rotatable bonds is 5. The highest BCUT2D eigenvalue weighted by Gasteiger charge is 2.31. The maximum absolute atomic E-state index is 13.6. The predicted molar refractivity (Wildman–Crippen MR) is 82.5 cm³/mol. The Morgan fingerprint density at radius 3 is 2.48 bits per heavy atom. The zero-order valence-corrected chi connectivity index (χ0v) is 13.4. The van der Waals surface area contributed by atoms with Crippen LogP contribution in [0.4, 0.5) is 10.1 Å². The third kappa shape index (κ3) is 4.15. The highest BCUT2D eigenvalue weighted by Crippen LogP contribution is 2.37. The Morgan fingerprint density at radius 2 is 1.95 bits per heavy atom. The average Bonchev–Trinajstić information content (AvgIpc) is 2.71. The summed E-state index contributed by atoms with van der Waals surface area (Å²) < 4.78 is 19.3. The lowest BCUT2D eigenvalue weighted by Crippen LogP contribution is -2.30. The van der Waals surface area contributed by atoms with E-state index < -0.39 is 16.4 Å². The lowest BCUT2D eigenvalue weighted by atomic mass is 9.83. The molecule has 0 amide bonds. The van der Waals surface area contributed by atoms with Crippen LogP contribution in [0.15, 0.2) is 18.2 Å². The summed E-state index contributed by atoms with van der Waals surface area (Å²) >= 11 is 3.58. The van der Waals surface area contributed by atoms with E-state index in [1.807, 2.05) is 0 Å². The van der Waals surface area contributed by atoms with Crippen molar-refractivity contribution in [1.82, 2.24) is 0 Å². The van der Waals surface area contributed by atoms with Crippen LogP contribution in [0.1, 0.15) is 38.5 Å². The van der Waals surface area contributed by atoms with E-state index in [2.05, 4.69) is 15.9 Å². The number of nitrogens with zero attached hydrogens (tertiary/aromatic N) is 1. The Bertz CT molecular complexity index is 502. The molecule has 0 heterocycles. The van der Waals surface area contributed by atoms with Crippen LogP contribution >= 0.6 is 15.9 Å². The number of ether oxygens (including phenoxy) is 1. The summed E-state index contributed by atoms with van der Waals surface area (Å²) in [5.74, 6) is -0.506. The first-order valence-corrected chi connectivity index (χ1v) is 8.31. The zero-order chi connectivity index (χ0) is 15.3. The highest BCUT2D eigenvalue weighted by molar-refractivity contribution is 9.09. The molecule has 0 bridgehead atoms. The molecule has 0 N–H and O–H groups in total. The Balaban J connectivity index is 2.04. The van der Waals surface area contributed by atoms with E-state index in [1.165, 1.54) is 31.7 Å². The Labute approximate surface area is 132 Å². The number of benzene rings is 1. The molecule has 0 aliphatic heterocycles. The maximum atomic E-state index is 13.6. The molecule has 0 unspecified atom stereocenters. The van der Waals surface area contributed by atoms with Crippen molar-refractivity contribution in [2.75, 3.05) is 11.9 Å². The minimum atomic E-state index is -0.855. The van der Waals surface area contributed by atoms with Gasteiger partial charge in [0.05, 0.1) is 11.5 Å². The van der Waals surface area contributed by atoms with E-state index in [9.17, 15) is 14.5 Å². The molecule has 0 radical (unpaired) electrons. The van der Waals surface area contributed by atoms with Gasteiger partial charge in [-0.1, -0.05) is 41.6 Å². The van der Waals surface area contributed by atoms with Gasteiger partial charge in [-0.2, -0.15) is 4.39 Å². The molecule has 1 fully saturated rings. The van der Waals surface area contributed by atoms with Gasteiger partial charge in [-0.3, -0.25) is 10.1 Å². The molecule has 1 aromatic carbocycles. The second kappa shape index (κ2) is 7.20. The van der Waals surface area contributed by atoms with Gasteiger partial charge in [0.15, 0.2) is 0 Å². The van der Waals surface area contributed by atoms with Gasteiger partial charge in [0.1, 0.15) is 5.75 Å². The van der Waals surface area contributed by atoms with Gasteiger partial charge in [0, 0.05) is 22.9 Å². The minimum absolute atomic E-state index is 0.0781. The van der Waals surface area contributed by atoms with Gasteiger partial charge in [-0.05, 0) is 18.9 Å².